The lowest BCUT2D eigenvalue weighted by atomic mass is 10.5. The van der Waals surface area contributed by atoms with E-state index in [0.717, 1.165) is 23.6 Å². The van der Waals surface area contributed by atoms with Gasteiger partial charge >= 0.3 is 5.95 Å². The van der Waals surface area contributed by atoms with Crippen LogP contribution in [0.3, 0.4) is 0 Å². The summed E-state index contributed by atoms with van der Waals surface area (Å²) in [4.78, 5) is 13.8. The Morgan fingerprint density at radius 3 is 2.93 bits per heavy atom. The Labute approximate surface area is 86.7 Å². The summed E-state index contributed by atoms with van der Waals surface area (Å²) in [7, 11) is 1.67. The molecule has 0 saturated carbocycles. The zero-order valence-electron chi connectivity index (χ0n) is 8.27. The molecule has 0 N–H and O–H groups in total. The number of imidazole rings is 1. The molecule has 0 atom stereocenters. The van der Waals surface area contributed by atoms with Gasteiger partial charge in [-0.25, -0.2) is 4.57 Å². The van der Waals surface area contributed by atoms with Crippen molar-refractivity contribution in [2.45, 2.75) is 19.1 Å². The Balaban J connectivity index is 2.65. The molecule has 0 saturated heterocycles. The minimum atomic E-state index is -0.464. The van der Waals surface area contributed by atoms with Crippen molar-refractivity contribution < 1.29 is 4.92 Å². The Kier molecular flexibility index (Phi) is 3.94. The predicted octanol–water partition coefficient (Wildman–Crippen LogP) is 1.97. The van der Waals surface area contributed by atoms with Gasteiger partial charge in [-0.05, 0) is 17.1 Å². The first kappa shape index (κ1) is 11.0. The third-order valence-corrected chi connectivity index (χ3v) is 3.02. The molecule has 0 bridgehead atoms. The van der Waals surface area contributed by atoms with Crippen LogP contribution >= 0.6 is 11.8 Å². The Bertz CT molecular complexity index is 324. The van der Waals surface area contributed by atoms with Gasteiger partial charge in [-0.3, -0.25) is 0 Å². The van der Waals surface area contributed by atoms with Crippen LogP contribution in [0.2, 0.25) is 0 Å². The van der Waals surface area contributed by atoms with E-state index >= 15 is 0 Å². The Hall–Kier alpha value is -1.04. The Morgan fingerprint density at radius 1 is 1.71 bits per heavy atom. The topological polar surface area (TPSA) is 61.0 Å². The highest BCUT2D eigenvalue weighted by molar-refractivity contribution is 7.98. The lowest BCUT2D eigenvalue weighted by Gasteiger charge is -1.98. The molecule has 5 nitrogen and oxygen atoms in total. The molecule has 0 radical (unpaired) electrons. The standard InChI is InChI=1S/C8H13N3O2S/c1-3-4-14-6-7-5-9-8(10(7)2)11(12)13/h5H,3-4,6H2,1-2H3. The van der Waals surface area contributed by atoms with Crippen LogP contribution in [0.15, 0.2) is 6.20 Å². The normalized spacial score (nSPS) is 10.4. The summed E-state index contributed by atoms with van der Waals surface area (Å²) >= 11 is 1.76. The van der Waals surface area contributed by atoms with Gasteiger partial charge in [-0.15, -0.1) is 0 Å². The van der Waals surface area contributed by atoms with E-state index in [1.807, 2.05) is 0 Å². The van der Waals surface area contributed by atoms with Gasteiger partial charge in [0.1, 0.15) is 11.9 Å². The van der Waals surface area contributed by atoms with Gasteiger partial charge in [-0.1, -0.05) is 11.9 Å². The van der Waals surface area contributed by atoms with Crippen LogP contribution in [0.4, 0.5) is 5.95 Å². The van der Waals surface area contributed by atoms with Crippen LogP contribution in [0.1, 0.15) is 19.0 Å². The van der Waals surface area contributed by atoms with Gasteiger partial charge in [-0.2, -0.15) is 11.8 Å². The molecule has 0 aliphatic rings. The number of hydrogen-bond acceptors (Lipinski definition) is 4. The number of hydrogen-bond donors (Lipinski definition) is 0. The van der Waals surface area contributed by atoms with Gasteiger partial charge in [0, 0.05) is 0 Å². The van der Waals surface area contributed by atoms with E-state index in [9.17, 15) is 10.1 Å². The molecule has 0 amide bonds. The summed E-state index contributed by atoms with van der Waals surface area (Å²) in [6, 6.07) is 0. The second kappa shape index (κ2) is 4.99. The first-order valence-corrected chi connectivity index (χ1v) is 5.55. The summed E-state index contributed by atoms with van der Waals surface area (Å²) in [6.07, 6.45) is 2.69. The molecule has 0 aliphatic carbocycles. The highest BCUT2D eigenvalue weighted by Gasteiger charge is 2.16. The van der Waals surface area contributed by atoms with E-state index in [2.05, 4.69) is 11.9 Å². The zero-order valence-corrected chi connectivity index (χ0v) is 9.08. The number of thioether (sulfide) groups is 1. The average Bonchev–Trinajstić information content (AvgIpc) is 2.48. The molecule has 0 fully saturated rings. The third kappa shape index (κ3) is 2.47. The molecule has 0 aromatic carbocycles. The minimum Gasteiger partial charge on any atom is -0.390 e. The smallest absolute Gasteiger partial charge is 0.390 e. The fourth-order valence-corrected chi connectivity index (χ4v) is 1.97. The van der Waals surface area contributed by atoms with Crippen LogP contribution < -0.4 is 0 Å². The van der Waals surface area contributed by atoms with Crippen molar-refractivity contribution in [1.29, 1.82) is 0 Å². The second-order valence-corrected chi connectivity index (χ2v) is 4.02. The number of nitrogens with zero attached hydrogens (tertiary/aromatic N) is 3. The quantitative estimate of drug-likeness (QED) is 0.428. The Morgan fingerprint density at radius 2 is 2.43 bits per heavy atom. The zero-order chi connectivity index (χ0) is 10.6. The SMILES string of the molecule is CCCSCc1cnc([N+](=O)[O-])n1C. The van der Waals surface area contributed by atoms with E-state index in [-0.39, 0.29) is 5.95 Å². The van der Waals surface area contributed by atoms with E-state index in [1.165, 1.54) is 4.57 Å². The highest BCUT2D eigenvalue weighted by atomic mass is 32.2. The maximum absolute atomic E-state index is 10.5. The average molecular weight is 215 g/mol. The summed E-state index contributed by atoms with van der Waals surface area (Å²) in [6.45, 7) is 2.11. The van der Waals surface area contributed by atoms with Crippen molar-refractivity contribution >= 4 is 17.7 Å². The largest absolute Gasteiger partial charge is 0.434 e. The monoisotopic (exact) mass is 215 g/mol. The van der Waals surface area contributed by atoms with E-state index < -0.39 is 4.92 Å². The van der Waals surface area contributed by atoms with E-state index in [1.54, 1.807) is 25.0 Å². The summed E-state index contributed by atoms with van der Waals surface area (Å²) in [5.74, 6) is 1.77. The summed E-state index contributed by atoms with van der Waals surface area (Å²) in [5, 5.41) is 10.5. The number of rotatable bonds is 5. The van der Waals surface area contributed by atoms with E-state index in [4.69, 9.17) is 0 Å². The van der Waals surface area contributed by atoms with Crippen LogP contribution in [0.25, 0.3) is 0 Å². The molecule has 0 unspecified atom stereocenters. The molecular weight excluding hydrogens is 202 g/mol. The molecule has 0 aliphatic heterocycles. The predicted molar refractivity (Wildman–Crippen MR) is 56.3 cm³/mol. The van der Waals surface area contributed by atoms with Gasteiger partial charge in [0.25, 0.3) is 0 Å². The second-order valence-electron chi connectivity index (χ2n) is 2.92. The number of nitro groups is 1. The van der Waals surface area contributed by atoms with Crippen molar-refractivity contribution in [3.05, 3.63) is 22.0 Å². The first-order valence-electron chi connectivity index (χ1n) is 4.39. The van der Waals surface area contributed by atoms with Crippen molar-refractivity contribution in [1.82, 2.24) is 9.55 Å². The molecule has 14 heavy (non-hydrogen) atoms. The maximum Gasteiger partial charge on any atom is 0.434 e. The molecule has 1 aromatic rings. The molecule has 1 aromatic heterocycles. The number of aromatic nitrogens is 2. The fourth-order valence-electron chi connectivity index (χ4n) is 1.06. The maximum atomic E-state index is 10.5. The fraction of sp³-hybridized carbons (Fsp3) is 0.625. The van der Waals surface area contributed by atoms with E-state index in [0.29, 0.717) is 0 Å². The van der Waals surface area contributed by atoms with Crippen molar-refractivity contribution in [3.8, 4) is 0 Å². The van der Waals surface area contributed by atoms with Gasteiger partial charge in [0.15, 0.2) is 0 Å². The van der Waals surface area contributed by atoms with Crippen LogP contribution in [0.5, 0.6) is 0 Å². The first-order chi connectivity index (χ1) is 6.66. The molecule has 1 rings (SSSR count). The van der Waals surface area contributed by atoms with Gasteiger partial charge < -0.3 is 10.1 Å². The van der Waals surface area contributed by atoms with Gasteiger partial charge in [0.2, 0.25) is 0 Å². The van der Waals surface area contributed by atoms with Crippen LogP contribution in [-0.4, -0.2) is 20.2 Å². The van der Waals surface area contributed by atoms with Crippen molar-refractivity contribution in [3.63, 3.8) is 0 Å². The molecule has 1 heterocycles. The summed E-state index contributed by atoms with van der Waals surface area (Å²) < 4.78 is 1.53. The molecule has 78 valence electrons. The molecular formula is C8H13N3O2S. The van der Waals surface area contributed by atoms with Gasteiger partial charge in [0.05, 0.1) is 12.8 Å². The lowest BCUT2D eigenvalue weighted by Crippen LogP contribution is -2.01. The van der Waals surface area contributed by atoms with Crippen LogP contribution in [-0.2, 0) is 12.8 Å². The van der Waals surface area contributed by atoms with Crippen molar-refractivity contribution in [2.75, 3.05) is 5.75 Å². The third-order valence-electron chi connectivity index (χ3n) is 1.82. The summed E-state index contributed by atoms with van der Waals surface area (Å²) in [5.41, 5.74) is 0.898. The van der Waals surface area contributed by atoms with Crippen molar-refractivity contribution in [2.24, 2.45) is 7.05 Å². The molecule has 0 spiro atoms. The minimum absolute atomic E-state index is 0.0860. The molecule has 6 heteroatoms. The highest BCUT2D eigenvalue weighted by Crippen LogP contribution is 2.16. The lowest BCUT2D eigenvalue weighted by molar-refractivity contribution is -0.396. The van der Waals surface area contributed by atoms with Crippen LogP contribution in [0, 0.1) is 10.1 Å².